The summed E-state index contributed by atoms with van der Waals surface area (Å²) in [5, 5.41) is 0. The van der Waals surface area contributed by atoms with Gasteiger partial charge in [0.2, 0.25) is 0 Å². The topological polar surface area (TPSA) is 61.8 Å². The number of carbonyl (C=O) groups is 2. The standard InChI is InChI=1S/C25H28O5/c1-28-23(26)13-14-24(27)30-22-19-29-16-8-15-25(22,17-20-9-4-2-5-10-20)18-21-11-6-3-7-12-21/h2-7,9-14,22H,8,15-19H2,1H3/b14-13+. The lowest BCUT2D eigenvalue weighted by molar-refractivity contribution is -0.154. The SMILES string of the molecule is COC(=O)/C=C/C(=O)OC1COCCCC1(Cc1ccccc1)Cc1ccccc1. The lowest BCUT2D eigenvalue weighted by Gasteiger charge is -2.39. The summed E-state index contributed by atoms with van der Waals surface area (Å²) in [6.07, 6.45) is 5.06. The molecular weight excluding hydrogens is 380 g/mol. The van der Waals surface area contributed by atoms with Gasteiger partial charge in [-0.1, -0.05) is 60.7 Å². The van der Waals surface area contributed by atoms with Crippen molar-refractivity contribution in [3.8, 4) is 0 Å². The molecule has 0 spiro atoms. The van der Waals surface area contributed by atoms with E-state index in [1.54, 1.807) is 0 Å². The summed E-state index contributed by atoms with van der Waals surface area (Å²) in [7, 11) is 1.27. The molecule has 2 aromatic carbocycles. The summed E-state index contributed by atoms with van der Waals surface area (Å²) in [6, 6.07) is 20.5. The van der Waals surface area contributed by atoms with Gasteiger partial charge in [0.05, 0.1) is 13.7 Å². The molecule has 0 N–H and O–H groups in total. The number of hydrogen-bond donors (Lipinski definition) is 0. The smallest absolute Gasteiger partial charge is 0.331 e. The third-order valence-electron chi connectivity index (χ3n) is 5.53. The van der Waals surface area contributed by atoms with Crippen molar-refractivity contribution in [1.29, 1.82) is 0 Å². The summed E-state index contributed by atoms with van der Waals surface area (Å²) in [6.45, 7) is 0.967. The van der Waals surface area contributed by atoms with E-state index in [9.17, 15) is 9.59 Å². The number of methoxy groups -OCH3 is 1. The Morgan fingerprint density at radius 1 is 0.967 bits per heavy atom. The minimum Gasteiger partial charge on any atom is -0.466 e. The first-order chi connectivity index (χ1) is 14.6. The van der Waals surface area contributed by atoms with E-state index in [0.29, 0.717) is 13.2 Å². The highest BCUT2D eigenvalue weighted by Gasteiger charge is 2.42. The van der Waals surface area contributed by atoms with Gasteiger partial charge in [-0.05, 0) is 36.8 Å². The van der Waals surface area contributed by atoms with E-state index in [-0.39, 0.29) is 5.41 Å². The van der Waals surface area contributed by atoms with Crippen LogP contribution in [0.5, 0.6) is 0 Å². The van der Waals surface area contributed by atoms with Gasteiger partial charge in [0.15, 0.2) is 0 Å². The normalized spacial score (nSPS) is 18.5. The monoisotopic (exact) mass is 408 g/mol. The van der Waals surface area contributed by atoms with Gasteiger partial charge in [0, 0.05) is 24.2 Å². The second kappa shape index (κ2) is 10.7. The van der Waals surface area contributed by atoms with Crippen LogP contribution in [0, 0.1) is 5.41 Å². The van der Waals surface area contributed by atoms with Crippen LogP contribution < -0.4 is 0 Å². The predicted molar refractivity (Wildman–Crippen MR) is 114 cm³/mol. The van der Waals surface area contributed by atoms with E-state index in [0.717, 1.165) is 37.8 Å². The van der Waals surface area contributed by atoms with E-state index >= 15 is 0 Å². The number of esters is 2. The molecule has 5 heteroatoms. The molecule has 30 heavy (non-hydrogen) atoms. The summed E-state index contributed by atoms with van der Waals surface area (Å²) >= 11 is 0. The fourth-order valence-electron chi connectivity index (χ4n) is 4.07. The summed E-state index contributed by atoms with van der Waals surface area (Å²) in [5.41, 5.74) is 2.08. The van der Waals surface area contributed by atoms with E-state index < -0.39 is 18.0 Å². The van der Waals surface area contributed by atoms with Crippen molar-refractivity contribution >= 4 is 11.9 Å². The first-order valence-corrected chi connectivity index (χ1v) is 10.2. The highest BCUT2D eigenvalue weighted by atomic mass is 16.6. The molecule has 0 aliphatic carbocycles. The second-order valence-electron chi connectivity index (χ2n) is 7.65. The summed E-state index contributed by atoms with van der Waals surface area (Å²) < 4.78 is 16.2. The van der Waals surface area contributed by atoms with Gasteiger partial charge in [0.1, 0.15) is 6.10 Å². The molecule has 1 fully saturated rings. The number of rotatable bonds is 7. The van der Waals surface area contributed by atoms with E-state index in [1.165, 1.54) is 18.2 Å². The average molecular weight is 408 g/mol. The molecule has 158 valence electrons. The average Bonchev–Trinajstić information content (AvgIpc) is 2.95. The van der Waals surface area contributed by atoms with Gasteiger partial charge in [0.25, 0.3) is 0 Å². The fourth-order valence-corrected chi connectivity index (χ4v) is 4.07. The molecular formula is C25H28O5. The Hall–Kier alpha value is -2.92. The molecule has 0 bridgehead atoms. The van der Waals surface area contributed by atoms with E-state index in [4.69, 9.17) is 9.47 Å². The molecule has 1 saturated heterocycles. The Morgan fingerprint density at radius 2 is 1.53 bits per heavy atom. The molecule has 0 aromatic heterocycles. The lowest BCUT2D eigenvalue weighted by Crippen LogP contribution is -2.43. The van der Waals surface area contributed by atoms with E-state index in [1.807, 2.05) is 36.4 Å². The van der Waals surface area contributed by atoms with Gasteiger partial charge < -0.3 is 14.2 Å². The molecule has 0 amide bonds. The molecule has 2 aromatic rings. The van der Waals surface area contributed by atoms with Crippen molar-refractivity contribution in [1.82, 2.24) is 0 Å². The minimum atomic E-state index is -0.594. The van der Waals surface area contributed by atoms with Crippen LogP contribution in [0.25, 0.3) is 0 Å². The number of hydrogen-bond acceptors (Lipinski definition) is 5. The largest absolute Gasteiger partial charge is 0.466 e. The van der Waals surface area contributed by atoms with Crippen molar-refractivity contribution in [2.24, 2.45) is 5.41 Å². The molecule has 1 aliphatic rings. The van der Waals surface area contributed by atoms with Crippen LogP contribution >= 0.6 is 0 Å². The zero-order valence-electron chi connectivity index (χ0n) is 17.3. The number of carbonyl (C=O) groups excluding carboxylic acids is 2. The highest BCUT2D eigenvalue weighted by molar-refractivity contribution is 5.91. The Balaban J connectivity index is 1.91. The molecule has 5 nitrogen and oxygen atoms in total. The van der Waals surface area contributed by atoms with Crippen molar-refractivity contribution in [3.05, 3.63) is 83.9 Å². The van der Waals surface area contributed by atoms with Gasteiger partial charge in [-0.2, -0.15) is 0 Å². The van der Waals surface area contributed by atoms with Crippen LogP contribution in [0.4, 0.5) is 0 Å². The van der Waals surface area contributed by atoms with Crippen molar-refractivity contribution in [3.63, 3.8) is 0 Å². The van der Waals surface area contributed by atoms with E-state index in [2.05, 4.69) is 29.0 Å². The molecule has 1 aliphatic heterocycles. The quantitative estimate of drug-likeness (QED) is 0.513. The predicted octanol–water partition coefficient (Wildman–Crippen LogP) is 3.91. The Morgan fingerprint density at radius 3 is 2.10 bits per heavy atom. The van der Waals surface area contributed by atoms with Gasteiger partial charge in [-0.15, -0.1) is 0 Å². The minimum absolute atomic E-state index is 0.312. The molecule has 1 unspecified atom stereocenters. The zero-order chi connectivity index (χ0) is 21.2. The van der Waals surface area contributed by atoms with Crippen molar-refractivity contribution < 1.29 is 23.8 Å². The molecule has 0 radical (unpaired) electrons. The Bertz CT molecular complexity index is 803. The van der Waals surface area contributed by atoms with Gasteiger partial charge in [-0.3, -0.25) is 0 Å². The fraction of sp³-hybridized carbons (Fsp3) is 0.360. The first-order valence-electron chi connectivity index (χ1n) is 10.2. The Labute approximate surface area is 177 Å². The highest BCUT2D eigenvalue weighted by Crippen LogP contribution is 2.40. The van der Waals surface area contributed by atoms with Crippen LogP contribution in [0.2, 0.25) is 0 Å². The summed E-state index contributed by atoms with van der Waals surface area (Å²) in [5.74, 6) is -1.16. The maximum absolute atomic E-state index is 12.5. The van der Waals surface area contributed by atoms with Crippen LogP contribution in [0.1, 0.15) is 24.0 Å². The van der Waals surface area contributed by atoms with Crippen LogP contribution in [0.3, 0.4) is 0 Å². The zero-order valence-corrected chi connectivity index (χ0v) is 17.3. The van der Waals surface area contributed by atoms with Gasteiger partial charge >= 0.3 is 11.9 Å². The Kier molecular flexibility index (Phi) is 7.80. The first kappa shape index (κ1) is 21.8. The summed E-state index contributed by atoms with van der Waals surface area (Å²) in [4.78, 5) is 23.8. The third-order valence-corrected chi connectivity index (χ3v) is 5.53. The molecule has 1 atom stereocenters. The lowest BCUT2D eigenvalue weighted by atomic mass is 9.69. The maximum atomic E-state index is 12.5. The third kappa shape index (κ3) is 6.04. The maximum Gasteiger partial charge on any atom is 0.331 e. The van der Waals surface area contributed by atoms with Crippen LogP contribution in [-0.4, -0.2) is 38.4 Å². The van der Waals surface area contributed by atoms with Crippen LogP contribution in [-0.2, 0) is 36.6 Å². The molecule has 0 saturated carbocycles. The van der Waals surface area contributed by atoms with Crippen molar-refractivity contribution in [2.75, 3.05) is 20.3 Å². The molecule has 1 heterocycles. The van der Waals surface area contributed by atoms with Crippen molar-refractivity contribution in [2.45, 2.75) is 31.8 Å². The second-order valence-corrected chi connectivity index (χ2v) is 7.65. The number of benzene rings is 2. The number of ether oxygens (including phenoxy) is 3. The van der Waals surface area contributed by atoms with Crippen LogP contribution in [0.15, 0.2) is 72.8 Å². The van der Waals surface area contributed by atoms with Gasteiger partial charge in [-0.25, -0.2) is 9.59 Å². The molecule has 3 rings (SSSR count).